The molecule has 0 spiro atoms. The largest absolute Gasteiger partial charge is 0.418 e. The number of hydrogen-bond acceptors (Lipinski definition) is 6. The van der Waals surface area contributed by atoms with Crippen molar-refractivity contribution in [2.24, 2.45) is 5.73 Å². The Morgan fingerprint density at radius 2 is 2.26 bits per heavy atom. The van der Waals surface area contributed by atoms with Gasteiger partial charge in [0.25, 0.3) is 5.91 Å². The monoisotopic (exact) mass is 355 g/mol. The number of hydroxylamine groups is 2. The molecule has 10 nitrogen and oxygen atoms in total. The average molecular weight is 355 g/mol. The number of halogens is 1. The number of nitrogens with zero attached hydrogens (tertiary/aromatic N) is 2. The molecule has 0 aromatic rings. The molecule has 0 aliphatic carbocycles. The molecule has 12 heteroatoms. The Bertz CT molecular complexity index is 600. The van der Waals surface area contributed by atoms with Gasteiger partial charge in [0, 0.05) is 19.4 Å². The van der Waals surface area contributed by atoms with Gasteiger partial charge in [-0.25, -0.2) is 9.18 Å². The minimum atomic E-state index is -4.92. The molecule has 0 aromatic heterocycles. The third-order valence-electron chi connectivity index (χ3n) is 3.79. The third kappa shape index (κ3) is 3.39. The van der Waals surface area contributed by atoms with Crippen molar-refractivity contribution in [1.82, 2.24) is 9.96 Å². The van der Waals surface area contributed by atoms with Crippen LogP contribution >= 0.6 is 0 Å². The molecule has 0 saturated carbocycles. The second kappa shape index (κ2) is 6.19. The van der Waals surface area contributed by atoms with Crippen LogP contribution in [0.1, 0.15) is 32.6 Å². The SMILES string of the molecule is CCCC(F)OC1(C(N)=O)CCC2CN1C(=O)N2OS(=O)(=O)O. The minimum Gasteiger partial charge on any atom is -0.365 e. The van der Waals surface area contributed by atoms with Gasteiger partial charge >= 0.3 is 16.4 Å². The van der Waals surface area contributed by atoms with Gasteiger partial charge in [-0.3, -0.25) is 14.2 Å². The summed E-state index contributed by atoms with van der Waals surface area (Å²) in [5.41, 5.74) is 3.30. The summed E-state index contributed by atoms with van der Waals surface area (Å²) < 4.78 is 53.6. The predicted octanol–water partition coefficient (Wildman–Crippen LogP) is -0.0853. The van der Waals surface area contributed by atoms with E-state index in [1.54, 1.807) is 6.92 Å². The van der Waals surface area contributed by atoms with Crippen molar-refractivity contribution in [2.45, 2.75) is 50.7 Å². The molecule has 2 aliphatic heterocycles. The summed E-state index contributed by atoms with van der Waals surface area (Å²) in [4.78, 5) is 24.9. The summed E-state index contributed by atoms with van der Waals surface area (Å²) in [6, 6.07) is -1.78. The molecule has 2 aliphatic rings. The molecule has 2 saturated heterocycles. The van der Waals surface area contributed by atoms with Crippen LogP contribution in [0.4, 0.5) is 9.18 Å². The number of primary amides is 1. The Hall–Kier alpha value is -1.50. The highest BCUT2D eigenvalue weighted by Gasteiger charge is 2.59. The number of amides is 3. The van der Waals surface area contributed by atoms with E-state index in [4.69, 9.17) is 15.0 Å². The van der Waals surface area contributed by atoms with Crippen LogP contribution in [0, 0.1) is 0 Å². The summed E-state index contributed by atoms with van der Waals surface area (Å²) in [7, 11) is -4.92. The average Bonchev–Trinajstić information content (AvgIpc) is 2.67. The Morgan fingerprint density at radius 3 is 2.78 bits per heavy atom. The van der Waals surface area contributed by atoms with E-state index in [2.05, 4.69) is 4.28 Å². The highest BCUT2D eigenvalue weighted by Crippen LogP contribution is 2.39. The quantitative estimate of drug-likeness (QED) is 0.608. The number of urea groups is 1. The molecule has 2 bridgehead atoms. The van der Waals surface area contributed by atoms with Crippen LogP contribution in [0.15, 0.2) is 0 Å². The van der Waals surface area contributed by atoms with Gasteiger partial charge < -0.3 is 10.5 Å². The molecule has 3 N–H and O–H groups in total. The lowest BCUT2D eigenvalue weighted by molar-refractivity contribution is -0.213. The second-order valence-corrected chi connectivity index (χ2v) is 6.38. The molecule has 0 aromatic carbocycles. The highest BCUT2D eigenvalue weighted by atomic mass is 32.3. The van der Waals surface area contributed by atoms with Gasteiger partial charge in [-0.1, -0.05) is 13.3 Å². The van der Waals surface area contributed by atoms with Gasteiger partial charge in [0.2, 0.25) is 12.1 Å². The molecule has 2 heterocycles. The zero-order valence-corrected chi connectivity index (χ0v) is 13.2. The number of carbonyl (C=O) groups excluding carboxylic acids is 2. The Kier molecular flexibility index (Phi) is 4.80. The van der Waals surface area contributed by atoms with Gasteiger partial charge in [0.15, 0.2) is 0 Å². The highest BCUT2D eigenvalue weighted by molar-refractivity contribution is 7.80. The predicted molar refractivity (Wildman–Crippen MR) is 72.4 cm³/mol. The maximum atomic E-state index is 13.9. The van der Waals surface area contributed by atoms with Crippen LogP contribution in [0.25, 0.3) is 0 Å². The van der Waals surface area contributed by atoms with Crippen molar-refractivity contribution in [3.63, 3.8) is 0 Å². The zero-order chi connectivity index (χ0) is 17.4. The first-order valence-corrected chi connectivity index (χ1v) is 8.37. The molecule has 2 rings (SSSR count). The van der Waals surface area contributed by atoms with Crippen molar-refractivity contribution < 1.29 is 36.0 Å². The van der Waals surface area contributed by atoms with Gasteiger partial charge in [0.05, 0.1) is 6.04 Å². The fourth-order valence-electron chi connectivity index (χ4n) is 2.77. The fourth-order valence-corrected chi connectivity index (χ4v) is 3.16. The fraction of sp³-hybridized carbons (Fsp3) is 0.818. The van der Waals surface area contributed by atoms with E-state index >= 15 is 0 Å². The first kappa shape index (κ1) is 17.8. The number of carbonyl (C=O) groups is 2. The lowest BCUT2D eigenvalue weighted by Gasteiger charge is -2.41. The molecular weight excluding hydrogens is 337 g/mol. The summed E-state index contributed by atoms with van der Waals surface area (Å²) in [6.07, 6.45) is -1.39. The van der Waals surface area contributed by atoms with Crippen molar-refractivity contribution in [3.8, 4) is 0 Å². The van der Waals surface area contributed by atoms with Gasteiger partial charge in [-0.15, -0.1) is 4.28 Å². The number of fused-ring (bicyclic) bond motifs is 2. The maximum Gasteiger partial charge on any atom is 0.418 e. The summed E-state index contributed by atoms with van der Waals surface area (Å²) >= 11 is 0. The van der Waals surface area contributed by atoms with Gasteiger partial charge in [-0.2, -0.15) is 13.5 Å². The van der Waals surface area contributed by atoms with Crippen LogP contribution in [0.3, 0.4) is 0 Å². The molecule has 23 heavy (non-hydrogen) atoms. The van der Waals surface area contributed by atoms with Crippen LogP contribution < -0.4 is 5.73 Å². The number of nitrogens with two attached hydrogens (primary N) is 1. The Labute approximate surface area is 132 Å². The molecule has 2 fully saturated rings. The number of rotatable bonds is 7. The minimum absolute atomic E-state index is 0.00568. The van der Waals surface area contributed by atoms with E-state index < -0.39 is 40.5 Å². The van der Waals surface area contributed by atoms with E-state index in [0.717, 1.165) is 4.90 Å². The van der Waals surface area contributed by atoms with Crippen LogP contribution in [0.5, 0.6) is 0 Å². The number of piperidine rings is 1. The van der Waals surface area contributed by atoms with Crippen molar-refractivity contribution in [3.05, 3.63) is 0 Å². The smallest absolute Gasteiger partial charge is 0.365 e. The van der Waals surface area contributed by atoms with E-state index in [1.165, 1.54) is 0 Å². The summed E-state index contributed by atoms with van der Waals surface area (Å²) in [6.45, 7) is 1.57. The molecule has 3 unspecified atom stereocenters. The van der Waals surface area contributed by atoms with E-state index in [-0.39, 0.29) is 25.8 Å². The lowest BCUT2D eigenvalue weighted by atomic mass is 9.96. The van der Waals surface area contributed by atoms with Crippen LogP contribution in [-0.4, -0.2) is 59.5 Å². The first-order valence-electron chi connectivity index (χ1n) is 7.00. The molecule has 0 radical (unpaired) electrons. The molecular formula is C11H18FN3O7S. The maximum absolute atomic E-state index is 13.9. The number of alkyl halides is 1. The molecule has 3 amide bonds. The van der Waals surface area contributed by atoms with Crippen LogP contribution in [-0.2, 0) is 24.2 Å². The molecule has 3 atom stereocenters. The Balaban J connectivity index is 2.28. The lowest BCUT2D eigenvalue weighted by Crippen LogP contribution is -2.62. The van der Waals surface area contributed by atoms with Crippen molar-refractivity contribution in [2.75, 3.05) is 6.54 Å². The first-order chi connectivity index (χ1) is 10.6. The number of hydrogen-bond donors (Lipinski definition) is 2. The third-order valence-corrected chi connectivity index (χ3v) is 4.14. The Morgan fingerprint density at radius 1 is 1.61 bits per heavy atom. The standard InChI is InChI=1S/C11H18FN3O7S/c1-2-3-8(12)21-11(9(13)16)5-4-7-6-14(11)10(17)15(7)22-23(18,19)20/h7-8H,2-6H2,1H3,(H2,13,16)(H,18,19,20). The normalized spacial score (nSPS) is 29.0. The van der Waals surface area contributed by atoms with Crippen molar-refractivity contribution >= 4 is 22.3 Å². The van der Waals surface area contributed by atoms with Gasteiger partial charge in [-0.05, 0) is 6.42 Å². The van der Waals surface area contributed by atoms with Crippen molar-refractivity contribution in [1.29, 1.82) is 0 Å². The summed E-state index contributed by atoms with van der Waals surface area (Å²) in [5.74, 6) is -1.06. The molecule has 132 valence electrons. The van der Waals surface area contributed by atoms with Gasteiger partial charge in [0.1, 0.15) is 0 Å². The second-order valence-electron chi connectivity index (χ2n) is 5.38. The number of ether oxygens (including phenoxy) is 1. The van der Waals surface area contributed by atoms with E-state index in [0.29, 0.717) is 11.5 Å². The topological polar surface area (TPSA) is 139 Å². The van der Waals surface area contributed by atoms with E-state index in [9.17, 15) is 22.4 Å². The summed E-state index contributed by atoms with van der Waals surface area (Å²) in [5, 5.41) is 0.427. The van der Waals surface area contributed by atoms with Crippen LogP contribution in [0.2, 0.25) is 0 Å². The zero-order valence-electron chi connectivity index (χ0n) is 12.3. The van der Waals surface area contributed by atoms with E-state index in [1.807, 2.05) is 0 Å².